The molecule has 23 heavy (non-hydrogen) atoms. The Labute approximate surface area is 137 Å². The lowest BCUT2D eigenvalue weighted by Gasteiger charge is -2.02. The van der Waals surface area contributed by atoms with Crippen molar-refractivity contribution in [3.8, 4) is 5.75 Å². The fourth-order valence-electron chi connectivity index (χ4n) is 2.07. The van der Waals surface area contributed by atoms with Crippen molar-refractivity contribution in [1.29, 1.82) is 0 Å². The molecule has 0 fully saturated rings. The third kappa shape index (κ3) is 3.46. The summed E-state index contributed by atoms with van der Waals surface area (Å²) < 4.78 is 0. The number of fused-ring (bicyclic) bond motifs is 1. The van der Waals surface area contributed by atoms with Crippen molar-refractivity contribution in [3.63, 3.8) is 0 Å². The number of phenolic OH excluding ortho intramolecular Hbond substituents is 1. The summed E-state index contributed by atoms with van der Waals surface area (Å²) in [6, 6.07) is 15.3. The number of aromatic nitrogens is 1. The van der Waals surface area contributed by atoms with E-state index < -0.39 is 0 Å². The van der Waals surface area contributed by atoms with Gasteiger partial charge in [-0.1, -0.05) is 35.9 Å². The third-order valence-corrected chi connectivity index (χ3v) is 3.41. The molecule has 0 spiro atoms. The van der Waals surface area contributed by atoms with Crippen LogP contribution in [0.4, 0.5) is 0 Å². The molecule has 2 aromatic carbocycles. The number of nitrogens with one attached hydrogen (secondary N) is 1. The monoisotopic (exact) mass is 325 g/mol. The lowest BCUT2D eigenvalue weighted by Crippen LogP contribution is -2.17. The minimum absolute atomic E-state index is 0.0979. The summed E-state index contributed by atoms with van der Waals surface area (Å²) in [6.07, 6.45) is 1.41. The molecule has 1 amide bonds. The molecule has 0 saturated heterocycles. The molecule has 0 aliphatic rings. The number of nitrogens with zero attached hydrogens (tertiary/aromatic N) is 2. The molecule has 114 valence electrons. The zero-order valence-corrected chi connectivity index (χ0v) is 12.7. The number of phenols is 1. The van der Waals surface area contributed by atoms with E-state index in [0.29, 0.717) is 21.8 Å². The summed E-state index contributed by atoms with van der Waals surface area (Å²) in [5.41, 5.74) is 3.83. The minimum Gasteiger partial charge on any atom is -0.506 e. The number of rotatable bonds is 3. The van der Waals surface area contributed by atoms with Crippen LogP contribution in [-0.4, -0.2) is 22.2 Å². The lowest BCUT2D eigenvalue weighted by molar-refractivity contribution is 0.0955. The quantitative estimate of drug-likeness (QED) is 0.573. The Balaban J connectivity index is 1.75. The SMILES string of the molecule is O=C(N/N=C/c1ccc2cccc(O)c2n1)c1cccc(Cl)c1. The molecule has 0 atom stereocenters. The van der Waals surface area contributed by atoms with E-state index in [1.54, 1.807) is 42.5 Å². The fourth-order valence-corrected chi connectivity index (χ4v) is 2.26. The molecule has 0 saturated carbocycles. The van der Waals surface area contributed by atoms with Crippen LogP contribution >= 0.6 is 11.6 Å². The van der Waals surface area contributed by atoms with Crippen molar-refractivity contribution in [2.24, 2.45) is 5.10 Å². The van der Waals surface area contributed by atoms with E-state index in [0.717, 1.165) is 5.39 Å². The summed E-state index contributed by atoms with van der Waals surface area (Å²) in [7, 11) is 0. The Morgan fingerprint density at radius 1 is 1.17 bits per heavy atom. The number of hydrogen-bond donors (Lipinski definition) is 2. The maximum Gasteiger partial charge on any atom is 0.271 e. The molecule has 0 aliphatic carbocycles. The maximum absolute atomic E-state index is 11.9. The van der Waals surface area contributed by atoms with Gasteiger partial charge in [-0.2, -0.15) is 5.10 Å². The number of para-hydroxylation sites is 1. The summed E-state index contributed by atoms with van der Waals surface area (Å²) in [6.45, 7) is 0. The summed E-state index contributed by atoms with van der Waals surface area (Å²) in [4.78, 5) is 16.2. The molecule has 1 heterocycles. The van der Waals surface area contributed by atoms with Crippen LogP contribution in [0.25, 0.3) is 10.9 Å². The van der Waals surface area contributed by atoms with Crippen molar-refractivity contribution in [2.45, 2.75) is 0 Å². The first kappa shape index (κ1) is 15.0. The van der Waals surface area contributed by atoms with Gasteiger partial charge in [-0.15, -0.1) is 0 Å². The average molecular weight is 326 g/mol. The number of aromatic hydroxyl groups is 1. The minimum atomic E-state index is -0.368. The maximum atomic E-state index is 11.9. The van der Waals surface area contributed by atoms with Crippen molar-refractivity contribution in [3.05, 3.63) is 70.9 Å². The average Bonchev–Trinajstić information content (AvgIpc) is 2.55. The molecule has 3 rings (SSSR count). The number of benzene rings is 2. The van der Waals surface area contributed by atoms with E-state index in [-0.39, 0.29) is 11.7 Å². The van der Waals surface area contributed by atoms with Crippen LogP contribution in [0, 0.1) is 0 Å². The van der Waals surface area contributed by atoms with E-state index >= 15 is 0 Å². The van der Waals surface area contributed by atoms with Gasteiger partial charge in [0.05, 0.1) is 11.9 Å². The molecule has 5 nitrogen and oxygen atoms in total. The number of halogens is 1. The Kier molecular flexibility index (Phi) is 4.21. The van der Waals surface area contributed by atoms with E-state index in [4.69, 9.17) is 11.6 Å². The number of amides is 1. The largest absolute Gasteiger partial charge is 0.506 e. The Morgan fingerprint density at radius 2 is 2.00 bits per heavy atom. The van der Waals surface area contributed by atoms with Gasteiger partial charge in [0.25, 0.3) is 5.91 Å². The normalized spacial score (nSPS) is 11.0. The molecule has 0 aliphatic heterocycles. The van der Waals surface area contributed by atoms with Gasteiger partial charge in [-0.25, -0.2) is 10.4 Å². The highest BCUT2D eigenvalue weighted by molar-refractivity contribution is 6.30. The van der Waals surface area contributed by atoms with Gasteiger partial charge >= 0.3 is 0 Å². The van der Waals surface area contributed by atoms with Crippen LogP contribution in [0.2, 0.25) is 5.02 Å². The van der Waals surface area contributed by atoms with Crippen LogP contribution in [-0.2, 0) is 0 Å². The van der Waals surface area contributed by atoms with Crippen molar-refractivity contribution >= 4 is 34.6 Å². The van der Waals surface area contributed by atoms with Crippen LogP contribution in [0.3, 0.4) is 0 Å². The summed E-state index contributed by atoms with van der Waals surface area (Å²) in [5, 5.41) is 15.0. The van der Waals surface area contributed by atoms with Gasteiger partial charge in [0, 0.05) is 16.0 Å². The van der Waals surface area contributed by atoms with Gasteiger partial charge in [0.2, 0.25) is 0 Å². The predicted octanol–water partition coefficient (Wildman–Crippen LogP) is 3.36. The second-order valence-corrected chi connectivity index (χ2v) is 5.23. The molecule has 0 bridgehead atoms. The van der Waals surface area contributed by atoms with Gasteiger partial charge in [0.1, 0.15) is 11.3 Å². The number of carbonyl (C=O) groups excluding carboxylic acids is 1. The van der Waals surface area contributed by atoms with E-state index in [1.165, 1.54) is 6.21 Å². The molecular formula is C17H12ClN3O2. The summed E-state index contributed by atoms with van der Waals surface area (Å²) in [5.74, 6) is -0.270. The highest BCUT2D eigenvalue weighted by Gasteiger charge is 2.04. The van der Waals surface area contributed by atoms with Gasteiger partial charge in [0.15, 0.2) is 0 Å². The van der Waals surface area contributed by atoms with Crippen molar-refractivity contribution in [2.75, 3.05) is 0 Å². The second kappa shape index (κ2) is 6.46. The van der Waals surface area contributed by atoms with E-state index in [1.807, 2.05) is 12.1 Å². The van der Waals surface area contributed by atoms with Gasteiger partial charge < -0.3 is 5.11 Å². The third-order valence-electron chi connectivity index (χ3n) is 3.17. The van der Waals surface area contributed by atoms with Gasteiger partial charge in [-0.05, 0) is 30.3 Å². The van der Waals surface area contributed by atoms with Crippen LogP contribution in [0.1, 0.15) is 16.1 Å². The van der Waals surface area contributed by atoms with Crippen molar-refractivity contribution in [1.82, 2.24) is 10.4 Å². The highest BCUT2D eigenvalue weighted by atomic mass is 35.5. The van der Waals surface area contributed by atoms with Crippen LogP contribution in [0.15, 0.2) is 59.7 Å². The van der Waals surface area contributed by atoms with Crippen molar-refractivity contribution < 1.29 is 9.90 Å². The molecular weight excluding hydrogens is 314 g/mol. The fraction of sp³-hybridized carbons (Fsp3) is 0. The first-order chi connectivity index (χ1) is 11.1. The smallest absolute Gasteiger partial charge is 0.271 e. The first-order valence-corrected chi connectivity index (χ1v) is 7.19. The summed E-state index contributed by atoms with van der Waals surface area (Å²) >= 11 is 5.84. The molecule has 2 N–H and O–H groups in total. The number of carbonyl (C=O) groups is 1. The Morgan fingerprint density at radius 3 is 2.83 bits per heavy atom. The number of pyridine rings is 1. The molecule has 0 radical (unpaired) electrons. The zero-order valence-electron chi connectivity index (χ0n) is 11.9. The Hall–Kier alpha value is -2.92. The Bertz CT molecular complexity index is 909. The number of hydrazone groups is 1. The molecule has 3 aromatic rings. The second-order valence-electron chi connectivity index (χ2n) is 4.79. The van der Waals surface area contributed by atoms with Crippen LogP contribution < -0.4 is 5.43 Å². The molecule has 1 aromatic heterocycles. The number of hydrogen-bond acceptors (Lipinski definition) is 4. The van der Waals surface area contributed by atoms with E-state index in [2.05, 4.69) is 15.5 Å². The molecule has 6 heteroatoms. The topological polar surface area (TPSA) is 74.6 Å². The first-order valence-electron chi connectivity index (χ1n) is 6.81. The van der Waals surface area contributed by atoms with Crippen LogP contribution in [0.5, 0.6) is 5.75 Å². The zero-order chi connectivity index (χ0) is 16.2. The predicted molar refractivity (Wildman–Crippen MR) is 89.9 cm³/mol. The van der Waals surface area contributed by atoms with Gasteiger partial charge in [-0.3, -0.25) is 4.79 Å². The standard InChI is InChI=1S/C17H12ClN3O2/c18-13-5-1-4-12(9-13)17(23)21-19-10-14-8-7-11-3-2-6-15(22)16(11)20-14/h1-10,22H,(H,21,23)/b19-10+. The van der Waals surface area contributed by atoms with E-state index in [9.17, 15) is 9.90 Å². The lowest BCUT2D eigenvalue weighted by atomic mass is 10.2. The molecule has 0 unspecified atom stereocenters. The highest BCUT2D eigenvalue weighted by Crippen LogP contribution is 2.21.